The highest BCUT2D eigenvalue weighted by Gasteiger charge is 2.31. The fraction of sp³-hybridized carbons (Fsp3) is 0.476. The molecule has 174 valence electrons. The standard InChI is InChI=1S/C21H25ClF3N5OS/c1-3-7-28(2)18-13-17(22)26-20(27-18)32-14-19(31)30-10-8-29(9-11-30)16-6-4-5-15(12-16)21(23,24)25/h4-6,12-13H,3,7-11,14H2,1-2H3. The fourth-order valence-electron chi connectivity index (χ4n) is 3.41. The van der Waals surface area contributed by atoms with Gasteiger partial charge >= 0.3 is 6.18 Å². The first kappa shape index (κ1) is 24.4. The van der Waals surface area contributed by atoms with Crippen molar-refractivity contribution >= 4 is 40.8 Å². The number of aromatic nitrogens is 2. The molecule has 1 aromatic heterocycles. The summed E-state index contributed by atoms with van der Waals surface area (Å²) in [5.41, 5.74) is -0.160. The molecule has 0 bridgehead atoms. The summed E-state index contributed by atoms with van der Waals surface area (Å²) >= 11 is 7.33. The third-order valence-corrected chi connectivity index (χ3v) is 6.13. The van der Waals surface area contributed by atoms with Gasteiger partial charge in [0.15, 0.2) is 5.16 Å². The maximum Gasteiger partial charge on any atom is 0.416 e. The van der Waals surface area contributed by atoms with E-state index in [2.05, 4.69) is 16.9 Å². The van der Waals surface area contributed by atoms with Crippen LogP contribution in [0.5, 0.6) is 0 Å². The zero-order chi connectivity index (χ0) is 23.3. The van der Waals surface area contributed by atoms with Crippen LogP contribution < -0.4 is 9.80 Å². The van der Waals surface area contributed by atoms with Crippen LogP contribution in [-0.2, 0) is 11.0 Å². The van der Waals surface area contributed by atoms with E-state index in [-0.39, 0.29) is 11.7 Å². The summed E-state index contributed by atoms with van der Waals surface area (Å²) in [6, 6.07) is 6.96. The number of carbonyl (C=O) groups excluding carboxylic acids is 1. The molecular weight excluding hydrogens is 463 g/mol. The van der Waals surface area contributed by atoms with Crippen molar-refractivity contribution in [2.75, 3.05) is 55.3 Å². The molecule has 1 amide bonds. The van der Waals surface area contributed by atoms with Crippen LogP contribution in [0.3, 0.4) is 0 Å². The van der Waals surface area contributed by atoms with Crippen LogP contribution in [0, 0.1) is 0 Å². The van der Waals surface area contributed by atoms with E-state index in [1.807, 2.05) is 16.8 Å². The number of halogens is 4. The van der Waals surface area contributed by atoms with Crippen molar-refractivity contribution in [1.82, 2.24) is 14.9 Å². The van der Waals surface area contributed by atoms with Gasteiger partial charge in [0.2, 0.25) is 5.91 Å². The molecule has 1 aromatic carbocycles. The molecule has 1 aliphatic rings. The Hall–Kier alpha value is -2.20. The van der Waals surface area contributed by atoms with Crippen LogP contribution in [-0.4, -0.2) is 66.3 Å². The second-order valence-electron chi connectivity index (χ2n) is 7.46. The molecule has 11 heteroatoms. The number of anilines is 2. The van der Waals surface area contributed by atoms with E-state index in [1.54, 1.807) is 17.0 Å². The lowest BCUT2D eigenvalue weighted by molar-refractivity contribution is -0.137. The van der Waals surface area contributed by atoms with Gasteiger partial charge in [-0.15, -0.1) is 0 Å². The molecule has 1 saturated heterocycles. The first-order chi connectivity index (χ1) is 15.2. The highest BCUT2D eigenvalue weighted by atomic mass is 35.5. The Morgan fingerprint density at radius 1 is 1.19 bits per heavy atom. The number of carbonyl (C=O) groups is 1. The quantitative estimate of drug-likeness (QED) is 0.327. The molecule has 1 fully saturated rings. The summed E-state index contributed by atoms with van der Waals surface area (Å²) < 4.78 is 38.9. The minimum absolute atomic E-state index is 0.0641. The van der Waals surface area contributed by atoms with Crippen LogP contribution in [0.4, 0.5) is 24.7 Å². The van der Waals surface area contributed by atoms with Crippen molar-refractivity contribution in [2.24, 2.45) is 0 Å². The number of alkyl halides is 3. The van der Waals surface area contributed by atoms with Crippen LogP contribution in [0.2, 0.25) is 5.15 Å². The summed E-state index contributed by atoms with van der Waals surface area (Å²) in [6.45, 7) is 4.72. The summed E-state index contributed by atoms with van der Waals surface area (Å²) in [5, 5.41) is 0.758. The van der Waals surface area contributed by atoms with Crippen molar-refractivity contribution in [1.29, 1.82) is 0 Å². The molecule has 0 atom stereocenters. The largest absolute Gasteiger partial charge is 0.416 e. The normalized spacial score (nSPS) is 14.6. The SMILES string of the molecule is CCCN(C)c1cc(Cl)nc(SCC(=O)N2CCN(c3cccc(C(F)(F)F)c3)CC2)n1. The van der Waals surface area contributed by atoms with Crippen molar-refractivity contribution < 1.29 is 18.0 Å². The maximum absolute atomic E-state index is 13.0. The minimum atomic E-state index is -4.38. The molecule has 2 aromatic rings. The Bertz CT molecular complexity index is 938. The molecule has 0 saturated carbocycles. The number of rotatable bonds is 7. The lowest BCUT2D eigenvalue weighted by Crippen LogP contribution is -2.49. The number of amides is 1. The predicted octanol–water partition coefficient (Wildman–Crippen LogP) is 4.44. The van der Waals surface area contributed by atoms with E-state index in [4.69, 9.17) is 11.6 Å². The molecule has 0 radical (unpaired) electrons. The van der Waals surface area contributed by atoms with Gasteiger partial charge in [-0.1, -0.05) is 36.4 Å². The van der Waals surface area contributed by atoms with Gasteiger partial charge < -0.3 is 14.7 Å². The average Bonchev–Trinajstić information content (AvgIpc) is 2.77. The maximum atomic E-state index is 13.0. The van der Waals surface area contributed by atoms with E-state index in [9.17, 15) is 18.0 Å². The summed E-state index contributed by atoms with van der Waals surface area (Å²) in [5.74, 6) is 0.808. The van der Waals surface area contributed by atoms with Crippen LogP contribution in [0.25, 0.3) is 0 Å². The summed E-state index contributed by atoms with van der Waals surface area (Å²) in [6.07, 6.45) is -3.41. The van der Waals surface area contributed by atoms with Crippen LogP contribution >= 0.6 is 23.4 Å². The third kappa shape index (κ3) is 6.41. The van der Waals surface area contributed by atoms with Crippen molar-refractivity contribution in [2.45, 2.75) is 24.7 Å². The molecular formula is C21H25ClF3N5OS. The number of hydrogen-bond acceptors (Lipinski definition) is 6. The lowest BCUT2D eigenvalue weighted by atomic mass is 10.1. The average molecular weight is 488 g/mol. The van der Waals surface area contributed by atoms with E-state index in [0.717, 1.165) is 25.1 Å². The van der Waals surface area contributed by atoms with Gasteiger partial charge in [0, 0.05) is 51.5 Å². The number of benzene rings is 1. The predicted molar refractivity (Wildman–Crippen MR) is 122 cm³/mol. The minimum Gasteiger partial charge on any atom is -0.368 e. The number of hydrogen-bond donors (Lipinski definition) is 0. The topological polar surface area (TPSA) is 52.6 Å². The van der Waals surface area contributed by atoms with Gasteiger partial charge in [0.25, 0.3) is 0 Å². The molecule has 0 unspecified atom stereocenters. The molecule has 3 rings (SSSR count). The number of thioether (sulfide) groups is 1. The molecule has 0 N–H and O–H groups in total. The van der Waals surface area contributed by atoms with Crippen molar-refractivity contribution in [3.8, 4) is 0 Å². The van der Waals surface area contributed by atoms with Crippen LogP contribution in [0.15, 0.2) is 35.5 Å². The fourth-order valence-corrected chi connectivity index (χ4v) is 4.39. The first-order valence-corrected chi connectivity index (χ1v) is 11.6. The summed E-state index contributed by atoms with van der Waals surface area (Å²) in [4.78, 5) is 26.9. The Balaban J connectivity index is 1.54. The molecule has 0 spiro atoms. The van der Waals surface area contributed by atoms with E-state index < -0.39 is 11.7 Å². The van der Waals surface area contributed by atoms with Crippen LogP contribution in [0.1, 0.15) is 18.9 Å². The van der Waals surface area contributed by atoms with Crippen molar-refractivity contribution in [3.05, 3.63) is 41.0 Å². The highest BCUT2D eigenvalue weighted by molar-refractivity contribution is 7.99. The van der Waals surface area contributed by atoms with Gasteiger partial charge in [-0.05, 0) is 24.6 Å². The lowest BCUT2D eigenvalue weighted by Gasteiger charge is -2.36. The zero-order valence-corrected chi connectivity index (χ0v) is 19.5. The van der Waals surface area contributed by atoms with Gasteiger partial charge in [0.05, 0.1) is 11.3 Å². The Morgan fingerprint density at radius 3 is 2.56 bits per heavy atom. The first-order valence-electron chi connectivity index (χ1n) is 10.3. The van der Waals surface area contributed by atoms with E-state index in [0.29, 0.717) is 48.0 Å². The van der Waals surface area contributed by atoms with Gasteiger partial charge in [-0.2, -0.15) is 13.2 Å². The Labute approximate surface area is 194 Å². The molecule has 32 heavy (non-hydrogen) atoms. The third-order valence-electron chi connectivity index (χ3n) is 5.11. The molecule has 2 heterocycles. The molecule has 1 aliphatic heterocycles. The second kappa shape index (κ2) is 10.6. The van der Waals surface area contributed by atoms with Crippen molar-refractivity contribution in [3.63, 3.8) is 0 Å². The summed E-state index contributed by atoms with van der Waals surface area (Å²) in [7, 11) is 1.92. The Kier molecular flexibility index (Phi) is 8.10. The Morgan fingerprint density at radius 2 is 1.91 bits per heavy atom. The smallest absolute Gasteiger partial charge is 0.368 e. The number of piperazine rings is 1. The van der Waals surface area contributed by atoms with Gasteiger partial charge in [-0.3, -0.25) is 4.79 Å². The monoisotopic (exact) mass is 487 g/mol. The van der Waals surface area contributed by atoms with E-state index in [1.165, 1.54) is 17.8 Å². The van der Waals surface area contributed by atoms with Gasteiger partial charge in [-0.25, -0.2) is 9.97 Å². The second-order valence-corrected chi connectivity index (χ2v) is 8.79. The zero-order valence-electron chi connectivity index (χ0n) is 17.9. The number of nitrogens with zero attached hydrogens (tertiary/aromatic N) is 5. The highest BCUT2D eigenvalue weighted by Crippen LogP contribution is 2.32. The van der Waals surface area contributed by atoms with E-state index >= 15 is 0 Å². The molecule has 6 nitrogen and oxygen atoms in total. The molecule has 0 aliphatic carbocycles. The van der Waals surface area contributed by atoms with Gasteiger partial charge in [0.1, 0.15) is 11.0 Å².